The summed E-state index contributed by atoms with van der Waals surface area (Å²) in [6.45, 7) is 0.778. The lowest BCUT2D eigenvalue weighted by atomic mass is 10.2. The summed E-state index contributed by atoms with van der Waals surface area (Å²) < 4.78 is 2.88. The van der Waals surface area contributed by atoms with Gasteiger partial charge in [0.05, 0.1) is 0 Å². The Morgan fingerprint density at radius 3 is 3.07 bits per heavy atom. The lowest BCUT2D eigenvalue weighted by Crippen LogP contribution is -2.10. The Labute approximate surface area is 96.5 Å². The fourth-order valence-electron chi connectivity index (χ4n) is 1.41. The summed E-state index contributed by atoms with van der Waals surface area (Å²) in [5.74, 6) is 0.907. The molecule has 0 unspecified atom stereocenters. The molecular formula is C10H11BrN4. The molecule has 0 bridgehead atoms. The number of aromatic nitrogens is 3. The molecule has 2 aromatic heterocycles. The minimum atomic E-state index is 0.778. The maximum Gasteiger partial charge on any atom is 0.142 e. The van der Waals surface area contributed by atoms with Crippen LogP contribution in [0, 0.1) is 0 Å². The maximum absolute atomic E-state index is 4.38. The Morgan fingerprint density at radius 1 is 1.53 bits per heavy atom. The van der Waals surface area contributed by atoms with Crippen molar-refractivity contribution in [2.75, 3.05) is 7.05 Å². The van der Waals surface area contributed by atoms with Gasteiger partial charge in [-0.05, 0) is 29.0 Å². The van der Waals surface area contributed by atoms with Crippen molar-refractivity contribution in [3.63, 3.8) is 0 Å². The number of nitrogens with one attached hydrogen (secondary N) is 1. The van der Waals surface area contributed by atoms with Gasteiger partial charge in [-0.15, -0.1) is 0 Å². The van der Waals surface area contributed by atoms with E-state index in [4.69, 9.17) is 0 Å². The van der Waals surface area contributed by atoms with Crippen LogP contribution in [0.4, 0.5) is 0 Å². The second-order valence-corrected chi connectivity index (χ2v) is 4.05. The third-order valence-electron chi connectivity index (χ3n) is 2.03. The summed E-state index contributed by atoms with van der Waals surface area (Å²) in [4.78, 5) is 8.39. The van der Waals surface area contributed by atoms with Crippen LogP contribution in [0.25, 0.3) is 5.82 Å². The Balaban J connectivity index is 2.46. The van der Waals surface area contributed by atoms with Crippen molar-refractivity contribution in [3.05, 3.63) is 41.0 Å². The summed E-state index contributed by atoms with van der Waals surface area (Å²) in [7, 11) is 1.92. The molecule has 0 fully saturated rings. The van der Waals surface area contributed by atoms with Gasteiger partial charge in [0.25, 0.3) is 0 Å². The number of imidazole rings is 1. The largest absolute Gasteiger partial charge is 0.316 e. The molecule has 0 amide bonds. The smallest absolute Gasteiger partial charge is 0.142 e. The zero-order valence-electron chi connectivity index (χ0n) is 8.31. The average Bonchev–Trinajstić information content (AvgIpc) is 2.71. The first kappa shape index (κ1) is 10.3. The average molecular weight is 267 g/mol. The summed E-state index contributed by atoms with van der Waals surface area (Å²) in [5, 5.41) is 3.12. The van der Waals surface area contributed by atoms with Gasteiger partial charge < -0.3 is 5.32 Å². The standard InChI is InChI=1S/C10H11BrN4/c1-12-5-8-4-9(11)6-14-10(8)15-3-2-13-7-15/h2-4,6-7,12H,5H2,1H3. The minimum absolute atomic E-state index is 0.778. The van der Waals surface area contributed by atoms with E-state index in [1.807, 2.05) is 17.8 Å². The SMILES string of the molecule is CNCc1cc(Br)cnc1-n1ccnc1. The number of halogens is 1. The molecule has 0 atom stereocenters. The van der Waals surface area contributed by atoms with Crippen molar-refractivity contribution in [1.29, 1.82) is 0 Å². The van der Waals surface area contributed by atoms with Crippen molar-refractivity contribution in [2.45, 2.75) is 6.54 Å². The van der Waals surface area contributed by atoms with E-state index in [1.165, 1.54) is 0 Å². The van der Waals surface area contributed by atoms with E-state index in [-0.39, 0.29) is 0 Å². The molecule has 0 aliphatic rings. The van der Waals surface area contributed by atoms with Gasteiger partial charge in [-0.2, -0.15) is 0 Å². The van der Waals surface area contributed by atoms with Crippen molar-refractivity contribution in [2.24, 2.45) is 0 Å². The number of hydrogen-bond acceptors (Lipinski definition) is 3. The maximum atomic E-state index is 4.38. The molecule has 0 saturated heterocycles. The lowest BCUT2D eigenvalue weighted by molar-refractivity contribution is 0.796. The van der Waals surface area contributed by atoms with E-state index in [0.717, 1.165) is 22.4 Å². The molecule has 78 valence electrons. The van der Waals surface area contributed by atoms with Crippen LogP contribution in [-0.2, 0) is 6.54 Å². The molecule has 2 heterocycles. The number of rotatable bonds is 3. The first-order valence-corrected chi connectivity index (χ1v) is 5.38. The quantitative estimate of drug-likeness (QED) is 0.921. The molecule has 1 N–H and O–H groups in total. The summed E-state index contributed by atoms with van der Waals surface area (Å²) in [6, 6.07) is 2.05. The molecule has 5 heteroatoms. The van der Waals surface area contributed by atoms with Gasteiger partial charge in [0.15, 0.2) is 0 Å². The number of nitrogens with zero attached hydrogens (tertiary/aromatic N) is 3. The van der Waals surface area contributed by atoms with Crippen LogP contribution in [0.5, 0.6) is 0 Å². The molecular weight excluding hydrogens is 256 g/mol. The second kappa shape index (κ2) is 4.55. The van der Waals surface area contributed by atoms with Crippen LogP contribution in [0.15, 0.2) is 35.5 Å². The van der Waals surface area contributed by atoms with Crippen LogP contribution in [0.3, 0.4) is 0 Å². The van der Waals surface area contributed by atoms with Gasteiger partial charge in [-0.3, -0.25) is 4.57 Å². The third kappa shape index (κ3) is 2.24. The van der Waals surface area contributed by atoms with Gasteiger partial charge in [-0.25, -0.2) is 9.97 Å². The van der Waals surface area contributed by atoms with Crippen LogP contribution in [-0.4, -0.2) is 21.6 Å². The Kier molecular flexibility index (Phi) is 3.13. The van der Waals surface area contributed by atoms with E-state index in [1.54, 1.807) is 18.7 Å². The normalized spacial score (nSPS) is 10.5. The van der Waals surface area contributed by atoms with E-state index < -0.39 is 0 Å². The van der Waals surface area contributed by atoms with Gasteiger partial charge in [0.1, 0.15) is 12.1 Å². The van der Waals surface area contributed by atoms with Crippen molar-refractivity contribution < 1.29 is 0 Å². The zero-order chi connectivity index (χ0) is 10.7. The molecule has 0 radical (unpaired) electrons. The topological polar surface area (TPSA) is 42.7 Å². The van der Waals surface area contributed by atoms with Crippen molar-refractivity contribution in [1.82, 2.24) is 19.9 Å². The molecule has 0 spiro atoms. The Bertz CT molecular complexity index is 439. The summed E-state index contributed by atoms with van der Waals surface area (Å²) in [6.07, 6.45) is 7.16. The molecule has 2 rings (SSSR count). The van der Waals surface area contributed by atoms with Gasteiger partial charge >= 0.3 is 0 Å². The van der Waals surface area contributed by atoms with Crippen molar-refractivity contribution in [3.8, 4) is 5.82 Å². The van der Waals surface area contributed by atoms with E-state index >= 15 is 0 Å². The van der Waals surface area contributed by atoms with E-state index in [9.17, 15) is 0 Å². The highest BCUT2D eigenvalue weighted by molar-refractivity contribution is 9.10. The van der Waals surface area contributed by atoms with Crippen LogP contribution in [0.1, 0.15) is 5.56 Å². The highest BCUT2D eigenvalue weighted by Crippen LogP contribution is 2.16. The van der Waals surface area contributed by atoms with Crippen LogP contribution < -0.4 is 5.32 Å². The molecule has 0 aromatic carbocycles. The number of pyridine rings is 1. The van der Waals surface area contributed by atoms with Gasteiger partial charge in [0, 0.05) is 35.2 Å². The monoisotopic (exact) mass is 266 g/mol. The predicted octanol–water partition coefficient (Wildman–Crippen LogP) is 1.75. The molecule has 0 saturated carbocycles. The molecule has 2 aromatic rings. The van der Waals surface area contributed by atoms with E-state index in [0.29, 0.717) is 0 Å². The highest BCUT2D eigenvalue weighted by atomic mass is 79.9. The fraction of sp³-hybridized carbons (Fsp3) is 0.200. The molecule has 0 aliphatic heterocycles. The second-order valence-electron chi connectivity index (χ2n) is 3.14. The van der Waals surface area contributed by atoms with Crippen molar-refractivity contribution >= 4 is 15.9 Å². The highest BCUT2D eigenvalue weighted by Gasteiger charge is 2.05. The Morgan fingerprint density at radius 2 is 2.40 bits per heavy atom. The molecule has 15 heavy (non-hydrogen) atoms. The first-order valence-electron chi connectivity index (χ1n) is 4.58. The molecule has 0 aliphatic carbocycles. The van der Waals surface area contributed by atoms with E-state index in [2.05, 4.69) is 37.3 Å². The van der Waals surface area contributed by atoms with Crippen LogP contribution in [0.2, 0.25) is 0 Å². The summed E-state index contributed by atoms with van der Waals surface area (Å²) >= 11 is 3.41. The minimum Gasteiger partial charge on any atom is -0.316 e. The third-order valence-corrected chi connectivity index (χ3v) is 2.46. The zero-order valence-corrected chi connectivity index (χ0v) is 9.90. The summed E-state index contributed by atoms with van der Waals surface area (Å²) in [5.41, 5.74) is 1.13. The first-order chi connectivity index (χ1) is 7.31. The molecule has 4 nitrogen and oxygen atoms in total. The number of hydrogen-bond donors (Lipinski definition) is 1. The lowest BCUT2D eigenvalue weighted by Gasteiger charge is -2.08. The Hall–Kier alpha value is -1.20. The van der Waals surface area contributed by atoms with Gasteiger partial charge in [-0.1, -0.05) is 0 Å². The predicted molar refractivity (Wildman–Crippen MR) is 61.8 cm³/mol. The van der Waals surface area contributed by atoms with Gasteiger partial charge in [0.2, 0.25) is 0 Å². The van der Waals surface area contributed by atoms with Crippen LogP contribution >= 0.6 is 15.9 Å². The fourth-order valence-corrected chi connectivity index (χ4v) is 1.79.